The molecule has 0 spiro atoms. The van der Waals surface area contributed by atoms with Crippen LogP contribution in [0.4, 0.5) is 5.69 Å². The van der Waals surface area contributed by atoms with Crippen LogP contribution in [-0.4, -0.2) is 36.2 Å². The van der Waals surface area contributed by atoms with Crippen LogP contribution in [0.25, 0.3) is 0 Å². The molecule has 0 unspecified atom stereocenters. The summed E-state index contributed by atoms with van der Waals surface area (Å²) in [6.07, 6.45) is 2.41. The minimum Gasteiger partial charge on any atom is -0.496 e. The first-order valence-electron chi connectivity index (χ1n) is 8.85. The Morgan fingerprint density at radius 3 is 2.62 bits per heavy atom. The van der Waals surface area contributed by atoms with E-state index in [-0.39, 0.29) is 16.7 Å². The summed E-state index contributed by atoms with van der Waals surface area (Å²) in [4.78, 5) is 12.8. The first-order chi connectivity index (χ1) is 12.7. The van der Waals surface area contributed by atoms with Crippen molar-refractivity contribution in [1.82, 2.24) is 4.90 Å². The fourth-order valence-electron chi connectivity index (χ4n) is 3.32. The van der Waals surface area contributed by atoms with Crippen molar-refractivity contribution in [3.63, 3.8) is 0 Å². The predicted octanol–water partition coefficient (Wildman–Crippen LogP) is 3.78. The van der Waals surface area contributed by atoms with E-state index in [4.69, 9.17) is 9.47 Å². The number of benzene rings is 2. The van der Waals surface area contributed by atoms with Gasteiger partial charge in [-0.3, -0.25) is 15.0 Å². The third-order valence-corrected chi connectivity index (χ3v) is 4.63. The largest absolute Gasteiger partial charge is 0.496 e. The lowest BCUT2D eigenvalue weighted by Crippen LogP contribution is -2.31. The standard InChI is InChI=1S/C20H24N2O4/c1-25-20-7-3-2-5-17(20)14-21(15-19-6-4-12-26-19)13-16-8-10-18(11-9-16)22(23)24/h2-3,5,7-11,19H,4,6,12-15H2,1H3/t19-/m1/s1. The lowest BCUT2D eigenvalue weighted by atomic mass is 10.1. The van der Waals surface area contributed by atoms with Gasteiger partial charge in [-0.25, -0.2) is 0 Å². The van der Waals surface area contributed by atoms with E-state index < -0.39 is 0 Å². The zero-order chi connectivity index (χ0) is 18.4. The molecule has 0 aliphatic carbocycles. The van der Waals surface area contributed by atoms with Crippen LogP contribution in [0.2, 0.25) is 0 Å². The van der Waals surface area contributed by atoms with E-state index in [1.165, 1.54) is 0 Å². The number of nitro groups is 1. The van der Waals surface area contributed by atoms with Crippen LogP contribution >= 0.6 is 0 Å². The van der Waals surface area contributed by atoms with Crippen LogP contribution in [0.3, 0.4) is 0 Å². The summed E-state index contributed by atoms with van der Waals surface area (Å²) in [5, 5.41) is 10.8. The minimum atomic E-state index is -0.372. The molecule has 0 N–H and O–H groups in total. The highest BCUT2D eigenvalue weighted by molar-refractivity contribution is 5.34. The van der Waals surface area contributed by atoms with Gasteiger partial charge in [0.2, 0.25) is 0 Å². The van der Waals surface area contributed by atoms with Gasteiger partial charge in [-0.15, -0.1) is 0 Å². The van der Waals surface area contributed by atoms with E-state index in [0.717, 1.165) is 49.4 Å². The van der Waals surface area contributed by atoms with Gasteiger partial charge in [0.1, 0.15) is 5.75 Å². The molecule has 0 saturated carbocycles. The number of rotatable bonds is 8. The lowest BCUT2D eigenvalue weighted by Gasteiger charge is -2.26. The number of nitro benzene ring substituents is 1. The molecule has 1 fully saturated rings. The lowest BCUT2D eigenvalue weighted by molar-refractivity contribution is -0.384. The predicted molar refractivity (Wildman–Crippen MR) is 99.2 cm³/mol. The number of non-ortho nitro benzene ring substituents is 1. The van der Waals surface area contributed by atoms with Crippen LogP contribution < -0.4 is 4.74 Å². The highest BCUT2D eigenvalue weighted by Gasteiger charge is 2.20. The molecular formula is C20H24N2O4. The number of hydrogen-bond acceptors (Lipinski definition) is 5. The normalized spacial score (nSPS) is 16.8. The Morgan fingerprint density at radius 2 is 1.96 bits per heavy atom. The molecule has 138 valence electrons. The van der Waals surface area contributed by atoms with Gasteiger partial charge in [-0.05, 0) is 24.5 Å². The van der Waals surface area contributed by atoms with Gasteiger partial charge in [0.15, 0.2) is 0 Å². The molecule has 0 amide bonds. The average molecular weight is 356 g/mol. The second-order valence-electron chi connectivity index (χ2n) is 6.54. The molecule has 0 bridgehead atoms. The van der Waals surface area contributed by atoms with Crippen molar-refractivity contribution in [2.24, 2.45) is 0 Å². The van der Waals surface area contributed by atoms with E-state index in [1.807, 2.05) is 30.3 Å². The van der Waals surface area contributed by atoms with Crippen molar-refractivity contribution in [2.45, 2.75) is 32.0 Å². The molecule has 3 rings (SSSR count). The highest BCUT2D eigenvalue weighted by atomic mass is 16.6. The Labute approximate surface area is 153 Å². The summed E-state index contributed by atoms with van der Waals surface area (Å²) in [6.45, 7) is 3.09. The van der Waals surface area contributed by atoms with Crippen molar-refractivity contribution >= 4 is 5.69 Å². The van der Waals surface area contributed by atoms with E-state index >= 15 is 0 Å². The molecule has 1 heterocycles. The van der Waals surface area contributed by atoms with Gasteiger partial charge < -0.3 is 9.47 Å². The number of ether oxygens (including phenoxy) is 2. The quantitative estimate of drug-likeness (QED) is 0.532. The summed E-state index contributed by atoms with van der Waals surface area (Å²) >= 11 is 0. The maximum Gasteiger partial charge on any atom is 0.269 e. The van der Waals surface area contributed by atoms with Gasteiger partial charge in [0.05, 0.1) is 18.1 Å². The maximum atomic E-state index is 10.8. The van der Waals surface area contributed by atoms with Gasteiger partial charge in [0.25, 0.3) is 5.69 Å². The topological polar surface area (TPSA) is 64.8 Å². The fraction of sp³-hybridized carbons (Fsp3) is 0.400. The van der Waals surface area contributed by atoms with Crippen molar-refractivity contribution in [2.75, 3.05) is 20.3 Å². The van der Waals surface area contributed by atoms with Crippen LogP contribution in [0.5, 0.6) is 5.75 Å². The van der Waals surface area contributed by atoms with Crippen molar-refractivity contribution in [3.05, 3.63) is 69.8 Å². The highest BCUT2D eigenvalue weighted by Crippen LogP contribution is 2.23. The SMILES string of the molecule is COc1ccccc1CN(Cc1ccc([N+](=O)[O-])cc1)C[C@H]1CCCO1. The van der Waals surface area contributed by atoms with Gasteiger partial charge in [-0.1, -0.05) is 30.3 Å². The van der Waals surface area contributed by atoms with Gasteiger partial charge >= 0.3 is 0 Å². The van der Waals surface area contributed by atoms with Crippen molar-refractivity contribution < 1.29 is 14.4 Å². The fourth-order valence-corrected chi connectivity index (χ4v) is 3.32. The van der Waals surface area contributed by atoms with E-state index in [1.54, 1.807) is 19.2 Å². The third kappa shape index (κ3) is 4.80. The number of methoxy groups -OCH3 is 1. The summed E-state index contributed by atoms with van der Waals surface area (Å²) in [5.74, 6) is 0.869. The molecule has 2 aromatic carbocycles. The van der Waals surface area contributed by atoms with Gasteiger partial charge in [-0.2, -0.15) is 0 Å². The van der Waals surface area contributed by atoms with E-state index in [2.05, 4.69) is 11.0 Å². The Kier molecular flexibility index (Phi) is 6.20. The molecular weight excluding hydrogens is 332 g/mol. The van der Waals surface area contributed by atoms with Crippen molar-refractivity contribution in [1.29, 1.82) is 0 Å². The molecule has 6 nitrogen and oxygen atoms in total. The molecule has 1 aliphatic rings. The molecule has 6 heteroatoms. The van der Waals surface area contributed by atoms with Crippen LogP contribution in [0, 0.1) is 10.1 Å². The first-order valence-corrected chi connectivity index (χ1v) is 8.85. The zero-order valence-corrected chi connectivity index (χ0v) is 15.0. The number of hydrogen-bond donors (Lipinski definition) is 0. The Hall–Kier alpha value is -2.44. The molecule has 0 aromatic heterocycles. The summed E-state index contributed by atoms with van der Waals surface area (Å²) in [7, 11) is 1.68. The molecule has 2 aromatic rings. The summed E-state index contributed by atoms with van der Waals surface area (Å²) in [5.41, 5.74) is 2.28. The number of nitrogens with zero attached hydrogens (tertiary/aromatic N) is 2. The van der Waals surface area contributed by atoms with Crippen LogP contribution in [0.15, 0.2) is 48.5 Å². The van der Waals surface area contributed by atoms with E-state index in [0.29, 0.717) is 6.54 Å². The smallest absolute Gasteiger partial charge is 0.269 e. The van der Waals surface area contributed by atoms with Crippen LogP contribution in [-0.2, 0) is 17.8 Å². The van der Waals surface area contributed by atoms with E-state index in [9.17, 15) is 10.1 Å². The average Bonchev–Trinajstić information content (AvgIpc) is 3.15. The first kappa shape index (κ1) is 18.4. The Bertz CT molecular complexity index is 727. The summed E-state index contributed by atoms with van der Waals surface area (Å²) in [6, 6.07) is 14.8. The molecule has 0 radical (unpaired) electrons. The zero-order valence-electron chi connectivity index (χ0n) is 15.0. The third-order valence-electron chi connectivity index (χ3n) is 4.63. The monoisotopic (exact) mass is 356 g/mol. The second kappa shape index (κ2) is 8.78. The minimum absolute atomic E-state index is 0.115. The number of para-hydroxylation sites is 1. The Balaban J connectivity index is 1.74. The molecule has 1 aliphatic heterocycles. The summed E-state index contributed by atoms with van der Waals surface area (Å²) < 4.78 is 11.3. The second-order valence-corrected chi connectivity index (χ2v) is 6.54. The molecule has 26 heavy (non-hydrogen) atoms. The molecule has 1 saturated heterocycles. The Morgan fingerprint density at radius 1 is 1.19 bits per heavy atom. The maximum absolute atomic E-state index is 10.8. The van der Waals surface area contributed by atoms with Crippen molar-refractivity contribution in [3.8, 4) is 5.75 Å². The van der Waals surface area contributed by atoms with Gasteiger partial charge in [0, 0.05) is 43.9 Å². The molecule has 1 atom stereocenters. The van der Waals surface area contributed by atoms with Crippen LogP contribution in [0.1, 0.15) is 24.0 Å².